The molecule has 4 heteroatoms. The van der Waals surface area contributed by atoms with Crippen LogP contribution in [0.1, 0.15) is 11.1 Å². The van der Waals surface area contributed by atoms with E-state index >= 15 is 0 Å². The van der Waals surface area contributed by atoms with Gasteiger partial charge < -0.3 is 10.6 Å². The highest BCUT2D eigenvalue weighted by molar-refractivity contribution is 8.00. The van der Waals surface area contributed by atoms with Gasteiger partial charge in [0.1, 0.15) is 0 Å². The Morgan fingerprint density at radius 1 is 1.29 bits per heavy atom. The summed E-state index contributed by atoms with van der Waals surface area (Å²) in [5, 5.41) is 5.86. The van der Waals surface area contributed by atoms with Crippen molar-refractivity contribution < 1.29 is 4.79 Å². The summed E-state index contributed by atoms with van der Waals surface area (Å²) in [7, 11) is 1.87. The molecule has 1 aromatic carbocycles. The van der Waals surface area contributed by atoms with Crippen LogP contribution >= 0.6 is 11.8 Å². The number of nitrogens with one attached hydrogen (secondary N) is 2. The van der Waals surface area contributed by atoms with E-state index in [1.165, 1.54) is 16.0 Å². The highest BCUT2D eigenvalue weighted by Gasteiger charge is 2.04. The minimum absolute atomic E-state index is 0.0890. The number of rotatable bonds is 6. The van der Waals surface area contributed by atoms with Gasteiger partial charge in [0.2, 0.25) is 5.91 Å². The van der Waals surface area contributed by atoms with Crippen molar-refractivity contribution in [2.75, 3.05) is 25.9 Å². The molecule has 0 aromatic heterocycles. The molecule has 0 aliphatic heterocycles. The average Bonchev–Trinajstić information content (AvgIpc) is 2.31. The van der Waals surface area contributed by atoms with Gasteiger partial charge in [-0.25, -0.2) is 0 Å². The molecule has 0 heterocycles. The van der Waals surface area contributed by atoms with Gasteiger partial charge in [0.05, 0.1) is 5.75 Å². The Morgan fingerprint density at radius 2 is 2.06 bits per heavy atom. The number of amides is 1. The summed E-state index contributed by atoms with van der Waals surface area (Å²) < 4.78 is 0. The van der Waals surface area contributed by atoms with Crippen LogP contribution in [0.4, 0.5) is 0 Å². The Kier molecular flexibility index (Phi) is 6.08. The predicted molar refractivity (Wildman–Crippen MR) is 73.6 cm³/mol. The number of likely N-dealkylation sites (N-methyl/N-ethyl adjacent to an activating group) is 1. The fourth-order valence-corrected chi connectivity index (χ4v) is 2.34. The topological polar surface area (TPSA) is 41.1 Å². The standard InChI is InChI=1S/C13H20N2OS/c1-10-4-5-11(2)12(8-10)17-9-13(16)15-7-6-14-3/h4-5,8,14H,6-7,9H2,1-3H3,(H,15,16). The second-order valence-corrected chi connectivity index (χ2v) is 5.03. The largest absolute Gasteiger partial charge is 0.354 e. The molecule has 0 aliphatic carbocycles. The van der Waals surface area contributed by atoms with E-state index in [2.05, 4.69) is 42.7 Å². The molecule has 17 heavy (non-hydrogen) atoms. The van der Waals surface area contributed by atoms with Crippen molar-refractivity contribution in [2.24, 2.45) is 0 Å². The molecule has 1 rings (SSSR count). The lowest BCUT2D eigenvalue weighted by Gasteiger charge is -2.07. The van der Waals surface area contributed by atoms with Crippen molar-refractivity contribution in [2.45, 2.75) is 18.7 Å². The van der Waals surface area contributed by atoms with Gasteiger partial charge in [-0.3, -0.25) is 4.79 Å². The van der Waals surface area contributed by atoms with Crippen LogP contribution in [-0.2, 0) is 4.79 Å². The molecule has 0 unspecified atom stereocenters. The quantitative estimate of drug-likeness (QED) is 0.598. The zero-order valence-corrected chi connectivity index (χ0v) is 11.5. The highest BCUT2D eigenvalue weighted by atomic mass is 32.2. The Balaban J connectivity index is 2.39. The van der Waals surface area contributed by atoms with E-state index < -0.39 is 0 Å². The number of carbonyl (C=O) groups is 1. The van der Waals surface area contributed by atoms with Gasteiger partial charge in [-0.2, -0.15) is 0 Å². The Hall–Kier alpha value is -1.00. The SMILES string of the molecule is CNCCNC(=O)CSc1cc(C)ccc1C. The molecular formula is C13H20N2OS. The lowest BCUT2D eigenvalue weighted by atomic mass is 10.2. The van der Waals surface area contributed by atoms with Gasteiger partial charge in [0.25, 0.3) is 0 Å². The summed E-state index contributed by atoms with van der Waals surface area (Å²) in [4.78, 5) is 12.7. The minimum Gasteiger partial charge on any atom is -0.354 e. The van der Waals surface area contributed by atoms with Crippen LogP contribution in [0.3, 0.4) is 0 Å². The van der Waals surface area contributed by atoms with E-state index in [-0.39, 0.29) is 5.91 Å². The molecule has 0 bridgehead atoms. The molecule has 94 valence electrons. The van der Waals surface area contributed by atoms with Crippen molar-refractivity contribution >= 4 is 17.7 Å². The Morgan fingerprint density at radius 3 is 2.76 bits per heavy atom. The summed E-state index contributed by atoms with van der Waals surface area (Å²) >= 11 is 1.59. The van der Waals surface area contributed by atoms with Gasteiger partial charge in [0.15, 0.2) is 0 Å². The number of hydrogen-bond acceptors (Lipinski definition) is 3. The van der Waals surface area contributed by atoms with Gasteiger partial charge in [-0.15, -0.1) is 11.8 Å². The number of benzene rings is 1. The molecule has 2 N–H and O–H groups in total. The van der Waals surface area contributed by atoms with Crippen molar-refractivity contribution in [3.63, 3.8) is 0 Å². The predicted octanol–water partition coefficient (Wildman–Crippen LogP) is 1.73. The maximum Gasteiger partial charge on any atom is 0.230 e. The third kappa shape index (κ3) is 5.24. The monoisotopic (exact) mass is 252 g/mol. The van der Waals surface area contributed by atoms with Crippen LogP contribution in [0.2, 0.25) is 0 Å². The maximum atomic E-state index is 11.5. The van der Waals surface area contributed by atoms with E-state index in [1.54, 1.807) is 11.8 Å². The summed E-state index contributed by atoms with van der Waals surface area (Å²) in [6, 6.07) is 6.31. The fourth-order valence-electron chi connectivity index (χ4n) is 1.38. The molecule has 1 aromatic rings. The first-order valence-corrected chi connectivity index (χ1v) is 6.73. The third-order valence-corrected chi connectivity index (χ3v) is 3.56. The van der Waals surface area contributed by atoms with Crippen LogP contribution in [0.25, 0.3) is 0 Å². The smallest absolute Gasteiger partial charge is 0.230 e. The van der Waals surface area contributed by atoms with Crippen LogP contribution in [-0.4, -0.2) is 31.8 Å². The summed E-state index contributed by atoms with van der Waals surface area (Å²) in [6.07, 6.45) is 0. The van der Waals surface area contributed by atoms with Crippen molar-refractivity contribution in [3.8, 4) is 0 Å². The molecule has 1 amide bonds. The van der Waals surface area contributed by atoms with Crippen molar-refractivity contribution in [1.82, 2.24) is 10.6 Å². The first kappa shape index (κ1) is 14.1. The lowest BCUT2D eigenvalue weighted by molar-refractivity contribution is -0.118. The van der Waals surface area contributed by atoms with Gasteiger partial charge in [-0.1, -0.05) is 17.7 Å². The van der Waals surface area contributed by atoms with Crippen LogP contribution in [0.5, 0.6) is 0 Å². The fraction of sp³-hybridized carbons (Fsp3) is 0.462. The molecular weight excluding hydrogens is 232 g/mol. The first-order chi connectivity index (χ1) is 8.13. The first-order valence-electron chi connectivity index (χ1n) is 5.75. The molecule has 0 saturated heterocycles. The molecule has 3 nitrogen and oxygen atoms in total. The van der Waals surface area contributed by atoms with Gasteiger partial charge >= 0.3 is 0 Å². The van der Waals surface area contributed by atoms with E-state index in [0.717, 1.165) is 6.54 Å². The number of aryl methyl sites for hydroxylation is 2. The third-order valence-electron chi connectivity index (χ3n) is 2.40. The molecule has 0 spiro atoms. The van der Waals surface area contributed by atoms with E-state index in [4.69, 9.17) is 0 Å². The van der Waals surface area contributed by atoms with E-state index in [1.807, 2.05) is 7.05 Å². The molecule has 0 radical (unpaired) electrons. The second-order valence-electron chi connectivity index (χ2n) is 4.01. The maximum absolute atomic E-state index is 11.5. The molecule has 0 aliphatic rings. The Labute approximate surface area is 107 Å². The second kappa shape index (κ2) is 7.35. The highest BCUT2D eigenvalue weighted by Crippen LogP contribution is 2.23. The molecule has 0 fully saturated rings. The molecule has 0 saturated carbocycles. The van der Waals surface area contributed by atoms with Crippen LogP contribution in [0, 0.1) is 13.8 Å². The average molecular weight is 252 g/mol. The summed E-state index contributed by atoms with van der Waals surface area (Å²) in [5.41, 5.74) is 2.46. The zero-order chi connectivity index (χ0) is 12.7. The van der Waals surface area contributed by atoms with Crippen molar-refractivity contribution in [1.29, 1.82) is 0 Å². The Bertz CT molecular complexity index is 380. The zero-order valence-electron chi connectivity index (χ0n) is 10.7. The van der Waals surface area contributed by atoms with Crippen molar-refractivity contribution in [3.05, 3.63) is 29.3 Å². The molecule has 0 atom stereocenters. The lowest BCUT2D eigenvalue weighted by Crippen LogP contribution is -2.31. The minimum atomic E-state index is 0.0890. The summed E-state index contributed by atoms with van der Waals surface area (Å²) in [6.45, 7) is 5.62. The van der Waals surface area contributed by atoms with E-state index in [9.17, 15) is 4.79 Å². The van der Waals surface area contributed by atoms with Crippen LogP contribution < -0.4 is 10.6 Å². The summed E-state index contributed by atoms with van der Waals surface area (Å²) in [5.74, 6) is 0.569. The van der Waals surface area contributed by atoms with Gasteiger partial charge in [0, 0.05) is 18.0 Å². The van der Waals surface area contributed by atoms with E-state index in [0.29, 0.717) is 12.3 Å². The normalized spacial score (nSPS) is 10.3. The number of carbonyl (C=O) groups excluding carboxylic acids is 1. The number of thioether (sulfide) groups is 1. The number of hydrogen-bond donors (Lipinski definition) is 2. The van der Waals surface area contributed by atoms with Gasteiger partial charge in [-0.05, 0) is 32.5 Å². The van der Waals surface area contributed by atoms with Crippen LogP contribution in [0.15, 0.2) is 23.1 Å².